The molecule has 8 heteroatoms. The number of carboxylic acid groups (broad SMARTS) is 1. The van der Waals surface area contributed by atoms with Gasteiger partial charge in [-0.2, -0.15) is 0 Å². The highest BCUT2D eigenvalue weighted by molar-refractivity contribution is 7.21. The van der Waals surface area contributed by atoms with Crippen LogP contribution in [0.15, 0.2) is 29.1 Å². The van der Waals surface area contributed by atoms with Crippen LogP contribution in [0.5, 0.6) is 0 Å². The van der Waals surface area contributed by atoms with E-state index in [4.69, 9.17) is 4.42 Å². The second kappa shape index (κ2) is 9.82. The third kappa shape index (κ3) is 4.54. The third-order valence-electron chi connectivity index (χ3n) is 7.95. The average Bonchev–Trinajstić information content (AvgIpc) is 3.63. The highest BCUT2D eigenvalue weighted by Gasteiger charge is 2.33. The van der Waals surface area contributed by atoms with Crippen LogP contribution in [0.3, 0.4) is 0 Å². The van der Waals surface area contributed by atoms with E-state index in [-0.39, 0.29) is 18.5 Å². The topological polar surface area (TPSA) is 78.9 Å². The average molecular weight is 498 g/mol. The van der Waals surface area contributed by atoms with Gasteiger partial charge in [-0.05, 0) is 56.7 Å². The molecule has 4 heterocycles. The van der Waals surface area contributed by atoms with Gasteiger partial charge in [-0.25, -0.2) is 4.79 Å². The van der Waals surface area contributed by atoms with Crippen molar-refractivity contribution in [2.45, 2.75) is 76.9 Å². The number of aromatic carboxylic acids is 1. The maximum absolute atomic E-state index is 13.6. The second-order valence-corrected chi connectivity index (χ2v) is 11.4. The summed E-state index contributed by atoms with van der Waals surface area (Å²) < 4.78 is 8.53. The van der Waals surface area contributed by atoms with E-state index in [1.807, 2.05) is 18.0 Å². The molecule has 1 N–H and O–H groups in total. The van der Waals surface area contributed by atoms with Crippen molar-refractivity contribution in [3.63, 3.8) is 0 Å². The Kier molecular flexibility index (Phi) is 6.77. The van der Waals surface area contributed by atoms with Gasteiger partial charge in [-0.3, -0.25) is 9.69 Å². The van der Waals surface area contributed by atoms with Crippen LogP contribution in [0.2, 0.25) is 0 Å². The predicted molar refractivity (Wildman–Crippen MR) is 138 cm³/mol. The summed E-state index contributed by atoms with van der Waals surface area (Å²) in [7, 11) is 1.91. The van der Waals surface area contributed by atoms with Crippen LogP contribution in [0.4, 0.5) is 0 Å². The quantitative estimate of drug-likeness (QED) is 0.456. The SMILES string of the molecule is CC(C)N1CCC(N(C)C(=O)Cn2c(-c3ccoc3)c(C3CCCCC3)c3sc(C(=O)O)cc32)C1. The zero-order valence-electron chi connectivity index (χ0n) is 20.8. The summed E-state index contributed by atoms with van der Waals surface area (Å²) in [5, 5.41) is 9.74. The van der Waals surface area contributed by atoms with Gasteiger partial charge in [0.2, 0.25) is 5.91 Å². The van der Waals surface area contributed by atoms with Crippen LogP contribution in [0.25, 0.3) is 21.5 Å². The molecule has 2 aliphatic rings. The molecule has 0 spiro atoms. The van der Waals surface area contributed by atoms with Gasteiger partial charge < -0.3 is 19.0 Å². The molecule has 1 unspecified atom stereocenters. The lowest BCUT2D eigenvalue weighted by Crippen LogP contribution is -2.41. The number of carbonyl (C=O) groups is 2. The Morgan fingerprint density at radius 2 is 2.00 bits per heavy atom. The van der Waals surface area contributed by atoms with Crippen LogP contribution < -0.4 is 0 Å². The Hall–Kier alpha value is -2.58. The van der Waals surface area contributed by atoms with E-state index >= 15 is 0 Å². The van der Waals surface area contributed by atoms with Crippen LogP contribution >= 0.6 is 11.3 Å². The Morgan fingerprint density at radius 1 is 1.23 bits per heavy atom. The van der Waals surface area contributed by atoms with Crippen molar-refractivity contribution in [3.8, 4) is 11.3 Å². The maximum atomic E-state index is 13.6. The number of carboxylic acids is 1. The lowest BCUT2D eigenvalue weighted by Gasteiger charge is -2.27. The molecule has 1 amide bonds. The highest BCUT2D eigenvalue weighted by atomic mass is 32.1. The number of fused-ring (bicyclic) bond motifs is 1. The molecule has 1 saturated carbocycles. The van der Waals surface area contributed by atoms with Gasteiger partial charge in [-0.15, -0.1) is 11.3 Å². The first-order valence-corrected chi connectivity index (χ1v) is 13.6. The summed E-state index contributed by atoms with van der Waals surface area (Å²) in [6, 6.07) is 4.37. The summed E-state index contributed by atoms with van der Waals surface area (Å²) in [4.78, 5) is 30.1. The van der Waals surface area contributed by atoms with Gasteiger partial charge in [0.05, 0.1) is 28.4 Å². The highest BCUT2D eigenvalue weighted by Crippen LogP contribution is 2.47. The molecule has 5 rings (SSSR count). The number of hydrogen-bond donors (Lipinski definition) is 1. The normalized spacial score (nSPS) is 19.7. The minimum atomic E-state index is -0.916. The Bertz CT molecular complexity index is 1200. The molecule has 0 radical (unpaired) electrons. The molecule has 1 atom stereocenters. The molecule has 3 aromatic heterocycles. The lowest BCUT2D eigenvalue weighted by molar-refractivity contribution is -0.132. The van der Waals surface area contributed by atoms with Crippen molar-refractivity contribution >= 4 is 33.4 Å². The molecule has 1 saturated heterocycles. The van der Waals surface area contributed by atoms with Crippen LogP contribution in [0, 0.1) is 0 Å². The first kappa shape index (κ1) is 24.1. The van der Waals surface area contributed by atoms with Gasteiger partial charge in [-0.1, -0.05) is 19.3 Å². The smallest absolute Gasteiger partial charge is 0.345 e. The molecule has 1 aliphatic heterocycles. The standard InChI is InChI=1S/C27H35N3O4S/c1-17(2)29-11-9-20(14-29)28(3)23(31)15-30-21-13-22(27(32)33)35-26(21)24(18-7-5-4-6-8-18)25(30)19-10-12-34-16-19/h10,12-13,16-18,20H,4-9,11,14-15H2,1-3H3,(H,32,33). The summed E-state index contributed by atoms with van der Waals surface area (Å²) in [6.07, 6.45) is 10.2. The fraction of sp³-hybridized carbons (Fsp3) is 0.556. The number of thiophene rings is 1. The van der Waals surface area contributed by atoms with E-state index < -0.39 is 5.97 Å². The summed E-state index contributed by atoms with van der Waals surface area (Å²) in [5.74, 6) is -0.499. The fourth-order valence-corrected chi connectivity index (χ4v) is 7.03. The Labute approximate surface area is 210 Å². The number of amides is 1. The molecule has 1 aliphatic carbocycles. The fourth-order valence-electron chi connectivity index (χ4n) is 5.90. The van der Waals surface area contributed by atoms with E-state index in [0.717, 1.165) is 53.8 Å². The van der Waals surface area contributed by atoms with E-state index in [1.54, 1.807) is 18.6 Å². The van der Waals surface area contributed by atoms with E-state index in [1.165, 1.54) is 36.2 Å². The maximum Gasteiger partial charge on any atom is 0.345 e. The Balaban J connectivity index is 1.56. The van der Waals surface area contributed by atoms with E-state index in [9.17, 15) is 14.7 Å². The minimum absolute atomic E-state index is 0.0560. The van der Waals surface area contributed by atoms with Crippen molar-refractivity contribution in [1.82, 2.24) is 14.4 Å². The number of likely N-dealkylation sites (N-methyl/N-ethyl adjacent to an activating group) is 1. The number of carbonyl (C=O) groups excluding carboxylic acids is 1. The largest absolute Gasteiger partial charge is 0.477 e. The number of nitrogens with zero attached hydrogens (tertiary/aromatic N) is 3. The third-order valence-corrected chi connectivity index (χ3v) is 9.10. The number of likely N-dealkylation sites (tertiary alicyclic amines) is 1. The molecule has 3 aromatic rings. The van der Waals surface area contributed by atoms with Crippen molar-refractivity contribution in [2.75, 3.05) is 20.1 Å². The summed E-state index contributed by atoms with van der Waals surface area (Å²) in [6.45, 7) is 6.48. The summed E-state index contributed by atoms with van der Waals surface area (Å²) >= 11 is 1.34. The second-order valence-electron chi connectivity index (χ2n) is 10.4. The molecule has 0 bridgehead atoms. The number of rotatable bonds is 7. The predicted octanol–water partition coefficient (Wildman–Crippen LogP) is 5.65. The first-order valence-electron chi connectivity index (χ1n) is 12.8. The lowest BCUT2D eigenvalue weighted by atomic mass is 9.83. The van der Waals surface area contributed by atoms with Crippen LogP contribution in [-0.2, 0) is 11.3 Å². The zero-order valence-corrected chi connectivity index (χ0v) is 21.6. The zero-order chi connectivity index (χ0) is 24.7. The van der Waals surface area contributed by atoms with Gasteiger partial charge in [0, 0.05) is 37.8 Å². The van der Waals surface area contributed by atoms with Gasteiger partial charge in [0.15, 0.2) is 0 Å². The van der Waals surface area contributed by atoms with Crippen LogP contribution in [-0.4, -0.2) is 63.6 Å². The van der Waals surface area contributed by atoms with E-state index in [0.29, 0.717) is 16.8 Å². The number of furan rings is 1. The van der Waals surface area contributed by atoms with Crippen LogP contribution in [0.1, 0.15) is 73.5 Å². The number of aromatic nitrogens is 1. The van der Waals surface area contributed by atoms with Gasteiger partial charge in [0.25, 0.3) is 0 Å². The van der Waals surface area contributed by atoms with Crippen molar-refractivity contribution in [1.29, 1.82) is 0 Å². The first-order chi connectivity index (χ1) is 16.8. The van der Waals surface area contributed by atoms with Crippen molar-refractivity contribution in [2.24, 2.45) is 0 Å². The molecular weight excluding hydrogens is 462 g/mol. The minimum Gasteiger partial charge on any atom is -0.477 e. The molecule has 2 fully saturated rings. The molecule has 0 aromatic carbocycles. The van der Waals surface area contributed by atoms with E-state index in [2.05, 4.69) is 23.3 Å². The van der Waals surface area contributed by atoms with Gasteiger partial charge >= 0.3 is 5.97 Å². The monoisotopic (exact) mass is 497 g/mol. The Morgan fingerprint density at radius 3 is 2.63 bits per heavy atom. The molecule has 7 nitrogen and oxygen atoms in total. The summed E-state index contributed by atoms with van der Waals surface area (Å²) in [5.41, 5.74) is 4.01. The number of hydrogen-bond acceptors (Lipinski definition) is 5. The molecular formula is C27H35N3O4S. The van der Waals surface area contributed by atoms with Crippen molar-refractivity contribution < 1.29 is 19.1 Å². The van der Waals surface area contributed by atoms with Gasteiger partial charge in [0.1, 0.15) is 11.4 Å². The molecule has 188 valence electrons. The molecule has 35 heavy (non-hydrogen) atoms. The van der Waals surface area contributed by atoms with Crippen molar-refractivity contribution in [3.05, 3.63) is 35.1 Å².